The Hall–Kier alpha value is -1.07. The molecule has 0 bridgehead atoms. The fraction of sp³-hybridized carbons (Fsp3) is 0.333. The largest absolute Gasteiger partial charge is 0.375 e. The average Bonchev–Trinajstić information content (AvgIpc) is 2.71. The van der Waals surface area contributed by atoms with Crippen LogP contribution in [0.5, 0.6) is 0 Å². The van der Waals surface area contributed by atoms with Gasteiger partial charge in [-0.25, -0.2) is 4.98 Å². The monoisotopic (exact) mass is 242 g/mol. The maximum absolute atomic E-state index is 6.09. The van der Waals surface area contributed by atoms with E-state index in [2.05, 4.69) is 23.9 Å². The van der Waals surface area contributed by atoms with Crippen molar-refractivity contribution in [2.75, 3.05) is 5.73 Å². The van der Waals surface area contributed by atoms with Gasteiger partial charge in [0.1, 0.15) is 0 Å². The van der Waals surface area contributed by atoms with E-state index in [1.807, 2.05) is 4.68 Å². The molecule has 0 spiro atoms. The van der Waals surface area contributed by atoms with Gasteiger partial charge in [-0.15, -0.1) is 0 Å². The van der Waals surface area contributed by atoms with Crippen LogP contribution < -0.4 is 5.73 Å². The molecule has 0 aromatic carbocycles. The molecule has 0 unspecified atom stereocenters. The van der Waals surface area contributed by atoms with E-state index in [-0.39, 0.29) is 6.04 Å². The Morgan fingerprint density at radius 3 is 2.73 bits per heavy atom. The van der Waals surface area contributed by atoms with Crippen LogP contribution in [0.15, 0.2) is 12.4 Å². The third kappa shape index (κ3) is 1.85. The molecule has 0 saturated carbocycles. The fourth-order valence-electron chi connectivity index (χ4n) is 1.36. The standard InChI is InChI=1S/C9H11ClN4S/c1-5(2)14-8(6(10)3-13-14)7-4-12-9(11)15-7/h3-5H,1-2H3,(H2,11,12). The van der Waals surface area contributed by atoms with E-state index in [9.17, 15) is 0 Å². The van der Waals surface area contributed by atoms with Crippen LogP contribution in [-0.4, -0.2) is 14.8 Å². The Bertz CT molecular complexity index is 474. The summed E-state index contributed by atoms with van der Waals surface area (Å²) < 4.78 is 1.87. The highest BCUT2D eigenvalue weighted by Crippen LogP contribution is 2.34. The first-order valence-corrected chi connectivity index (χ1v) is 5.73. The van der Waals surface area contributed by atoms with Crippen LogP contribution in [0.2, 0.25) is 5.02 Å². The van der Waals surface area contributed by atoms with Crippen molar-refractivity contribution in [2.24, 2.45) is 0 Å². The zero-order chi connectivity index (χ0) is 11.0. The second-order valence-electron chi connectivity index (χ2n) is 3.44. The van der Waals surface area contributed by atoms with Gasteiger partial charge in [-0.05, 0) is 13.8 Å². The van der Waals surface area contributed by atoms with E-state index in [0.717, 1.165) is 10.6 Å². The van der Waals surface area contributed by atoms with Crippen LogP contribution in [0.25, 0.3) is 10.6 Å². The first-order chi connectivity index (χ1) is 7.09. The number of halogens is 1. The summed E-state index contributed by atoms with van der Waals surface area (Å²) in [6.45, 7) is 4.11. The zero-order valence-corrected chi connectivity index (χ0v) is 10.0. The third-order valence-electron chi connectivity index (χ3n) is 2.00. The van der Waals surface area contributed by atoms with E-state index in [4.69, 9.17) is 17.3 Å². The molecule has 4 nitrogen and oxygen atoms in total. The van der Waals surface area contributed by atoms with Crippen molar-refractivity contribution < 1.29 is 0 Å². The van der Waals surface area contributed by atoms with Crippen LogP contribution in [0, 0.1) is 0 Å². The lowest BCUT2D eigenvalue weighted by Gasteiger charge is -2.09. The number of hydrogen-bond acceptors (Lipinski definition) is 4. The van der Waals surface area contributed by atoms with Crippen molar-refractivity contribution in [1.29, 1.82) is 0 Å². The van der Waals surface area contributed by atoms with E-state index in [1.54, 1.807) is 12.4 Å². The molecule has 2 heterocycles. The molecule has 0 amide bonds. The van der Waals surface area contributed by atoms with Crippen molar-refractivity contribution in [3.8, 4) is 10.6 Å². The van der Waals surface area contributed by atoms with Gasteiger partial charge in [0, 0.05) is 12.2 Å². The number of anilines is 1. The molecule has 0 atom stereocenters. The van der Waals surface area contributed by atoms with E-state index < -0.39 is 0 Å². The SMILES string of the molecule is CC(C)n1ncc(Cl)c1-c1cnc(N)s1. The number of rotatable bonds is 2. The van der Waals surface area contributed by atoms with Gasteiger partial charge >= 0.3 is 0 Å². The average molecular weight is 243 g/mol. The molecule has 0 aliphatic heterocycles. The molecular formula is C9H11ClN4S. The highest BCUT2D eigenvalue weighted by Gasteiger charge is 2.15. The van der Waals surface area contributed by atoms with E-state index in [0.29, 0.717) is 10.2 Å². The topological polar surface area (TPSA) is 56.7 Å². The molecule has 0 radical (unpaired) electrons. The van der Waals surface area contributed by atoms with Crippen molar-refractivity contribution >= 4 is 28.1 Å². The first-order valence-electron chi connectivity index (χ1n) is 4.54. The summed E-state index contributed by atoms with van der Waals surface area (Å²) in [6, 6.07) is 0.260. The van der Waals surface area contributed by atoms with Crippen LogP contribution in [0.1, 0.15) is 19.9 Å². The minimum Gasteiger partial charge on any atom is -0.375 e. The summed E-state index contributed by atoms with van der Waals surface area (Å²) in [4.78, 5) is 4.96. The fourth-order valence-corrected chi connectivity index (χ4v) is 2.38. The Morgan fingerprint density at radius 1 is 1.47 bits per heavy atom. The minimum atomic E-state index is 0.260. The Labute approximate surface area is 96.7 Å². The van der Waals surface area contributed by atoms with Crippen LogP contribution in [0.4, 0.5) is 5.13 Å². The molecular weight excluding hydrogens is 232 g/mol. The predicted octanol–water partition coefficient (Wildman–Crippen LogP) is 2.82. The van der Waals surface area contributed by atoms with Gasteiger partial charge in [-0.2, -0.15) is 5.10 Å². The second kappa shape index (κ2) is 3.83. The number of nitrogens with two attached hydrogens (primary N) is 1. The molecule has 0 saturated heterocycles. The normalized spacial score (nSPS) is 11.2. The minimum absolute atomic E-state index is 0.260. The van der Waals surface area contributed by atoms with Gasteiger partial charge in [-0.3, -0.25) is 4.68 Å². The van der Waals surface area contributed by atoms with Gasteiger partial charge in [0.15, 0.2) is 5.13 Å². The number of aromatic nitrogens is 3. The van der Waals surface area contributed by atoms with Crippen molar-refractivity contribution in [3.05, 3.63) is 17.4 Å². The number of nitrogen functional groups attached to an aromatic ring is 1. The number of hydrogen-bond donors (Lipinski definition) is 1. The predicted molar refractivity (Wildman–Crippen MR) is 63.1 cm³/mol. The Morgan fingerprint density at radius 2 is 2.20 bits per heavy atom. The molecule has 80 valence electrons. The molecule has 6 heteroatoms. The number of thiazole rings is 1. The van der Waals surface area contributed by atoms with Gasteiger partial charge < -0.3 is 5.73 Å². The van der Waals surface area contributed by atoms with E-state index >= 15 is 0 Å². The Kier molecular flexibility index (Phi) is 2.67. The van der Waals surface area contributed by atoms with Gasteiger partial charge in [0.05, 0.1) is 21.8 Å². The summed E-state index contributed by atoms with van der Waals surface area (Å²) in [5.74, 6) is 0. The van der Waals surface area contributed by atoms with Gasteiger partial charge in [0.25, 0.3) is 0 Å². The highest BCUT2D eigenvalue weighted by atomic mass is 35.5. The lowest BCUT2D eigenvalue weighted by molar-refractivity contribution is 0.539. The Balaban J connectivity index is 2.55. The number of nitrogens with zero attached hydrogens (tertiary/aromatic N) is 3. The first kappa shape index (κ1) is 10.4. The quantitative estimate of drug-likeness (QED) is 0.881. The van der Waals surface area contributed by atoms with Crippen molar-refractivity contribution in [1.82, 2.24) is 14.8 Å². The lowest BCUT2D eigenvalue weighted by Crippen LogP contribution is -2.03. The van der Waals surface area contributed by atoms with Crippen molar-refractivity contribution in [2.45, 2.75) is 19.9 Å². The summed E-state index contributed by atoms with van der Waals surface area (Å²) in [6.07, 6.45) is 3.37. The van der Waals surface area contributed by atoms with Gasteiger partial charge in [0.2, 0.25) is 0 Å². The maximum Gasteiger partial charge on any atom is 0.180 e. The summed E-state index contributed by atoms with van der Waals surface area (Å²) in [7, 11) is 0. The second-order valence-corrected chi connectivity index (χ2v) is 4.91. The van der Waals surface area contributed by atoms with Crippen LogP contribution in [0.3, 0.4) is 0 Å². The van der Waals surface area contributed by atoms with Crippen LogP contribution >= 0.6 is 22.9 Å². The summed E-state index contributed by atoms with van der Waals surface area (Å²) >= 11 is 7.50. The lowest BCUT2D eigenvalue weighted by atomic mass is 10.3. The summed E-state index contributed by atoms with van der Waals surface area (Å²) in [5.41, 5.74) is 6.49. The zero-order valence-electron chi connectivity index (χ0n) is 8.44. The van der Waals surface area contributed by atoms with Gasteiger partial charge in [-0.1, -0.05) is 22.9 Å². The molecule has 2 N–H and O–H groups in total. The molecule has 2 aromatic heterocycles. The highest BCUT2D eigenvalue weighted by molar-refractivity contribution is 7.18. The summed E-state index contributed by atoms with van der Waals surface area (Å²) in [5, 5.41) is 5.39. The molecule has 15 heavy (non-hydrogen) atoms. The third-order valence-corrected chi connectivity index (χ3v) is 3.11. The van der Waals surface area contributed by atoms with E-state index in [1.165, 1.54) is 11.3 Å². The molecule has 0 aliphatic carbocycles. The van der Waals surface area contributed by atoms with Crippen molar-refractivity contribution in [3.63, 3.8) is 0 Å². The molecule has 2 rings (SSSR count). The molecule has 0 aliphatic rings. The smallest absolute Gasteiger partial charge is 0.180 e. The molecule has 0 fully saturated rings. The van der Waals surface area contributed by atoms with Crippen LogP contribution in [-0.2, 0) is 0 Å². The molecule has 2 aromatic rings. The maximum atomic E-state index is 6.09.